The highest BCUT2D eigenvalue weighted by atomic mass is 79.9. The molecule has 4 aromatic carbocycles. The van der Waals surface area contributed by atoms with Crippen molar-refractivity contribution in [2.24, 2.45) is 23.7 Å². The fourth-order valence-corrected chi connectivity index (χ4v) is 14.6. The first-order valence-electron chi connectivity index (χ1n) is 35.2. The van der Waals surface area contributed by atoms with Crippen LogP contribution in [-0.2, 0) is 82.9 Å². The summed E-state index contributed by atoms with van der Waals surface area (Å²) in [7, 11) is 3.69. The monoisotopic (exact) mass is 1570 g/mol. The van der Waals surface area contributed by atoms with Gasteiger partial charge in [0.15, 0.2) is 30.6 Å². The topological polar surface area (TPSA) is 322 Å². The van der Waals surface area contributed by atoms with E-state index in [1.165, 1.54) is 52.7 Å². The van der Waals surface area contributed by atoms with Gasteiger partial charge in [0.25, 0.3) is 0 Å². The third-order valence-corrected chi connectivity index (χ3v) is 20.6. The van der Waals surface area contributed by atoms with Crippen molar-refractivity contribution in [3.05, 3.63) is 117 Å². The van der Waals surface area contributed by atoms with Gasteiger partial charge in [-0.2, -0.15) is 0 Å². The van der Waals surface area contributed by atoms with E-state index in [9.17, 15) is 62.3 Å². The number of aliphatic carboxylic acids is 1. The maximum absolute atomic E-state index is 13.6. The second kappa shape index (κ2) is 40.0. The third kappa shape index (κ3) is 21.3. The van der Waals surface area contributed by atoms with Gasteiger partial charge in [0.1, 0.15) is 30.2 Å². The molecule has 5 aliphatic rings. The first-order valence-corrected chi connectivity index (χ1v) is 37.4. The molecule has 3 saturated heterocycles. The number of nitrogens with one attached hydrogen (secondary N) is 2. The molecule has 9 rings (SSSR count). The van der Waals surface area contributed by atoms with E-state index in [1.54, 1.807) is 58.0 Å². The smallest absolute Gasteiger partial charge is 0.407 e. The number of amides is 5. The van der Waals surface area contributed by atoms with Crippen LogP contribution in [-0.4, -0.2) is 192 Å². The molecular weight excluding hydrogens is 1470 g/mol. The number of carbonyl (C=O) groups is 13. The van der Waals surface area contributed by atoms with E-state index in [-0.39, 0.29) is 54.9 Å². The SMILES string of the molecule is C.COC(=O)C[C@H](C(=O)N1CCC[C@H]1C(=O)O)C(C)C.COC(=O)N[C@H](C(=O)N1CCC[C@H]1C(=O)OCC(=O)c1ccc(-c2ccc(C(=O)COC(=O)[C@@H]3CCCN3C(=O)[C@@H](NC(=O)OC)C(C)C)c3c2CCCC3)cc1)C(C)C.O=C(CBr)c1ccc(-c2ccc(C(=O)CBr)c3c2CCCC3)cc1. The lowest BCUT2D eigenvalue weighted by atomic mass is 9.82. The van der Waals surface area contributed by atoms with Gasteiger partial charge in [0.05, 0.1) is 44.3 Å². The number of esters is 3. The van der Waals surface area contributed by atoms with E-state index in [0.29, 0.717) is 86.4 Å². The summed E-state index contributed by atoms with van der Waals surface area (Å²) < 4.78 is 24.9. The van der Waals surface area contributed by atoms with Crippen LogP contribution in [0.3, 0.4) is 0 Å². The zero-order valence-corrected chi connectivity index (χ0v) is 63.2. The van der Waals surface area contributed by atoms with Gasteiger partial charge < -0.3 is 54.1 Å². The fourth-order valence-electron chi connectivity index (χ4n) is 13.9. The Bertz CT molecular complexity index is 3780. The number of hydrogen-bond donors (Lipinski definition) is 3. The number of nitrogens with zero attached hydrogens (tertiary/aromatic N) is 3. The predicted molar refractivity (Wildman–Crippen MR) is 396 cm³/mol. The quantitative estimate of drug-likeness (QED) is 0.0240. The Morgan fingerprint density at radius 1 is 0.452 bits per heavy atom. The van der Waals surface area contributed by atoms with Gasteiger partial charge in [-0.05, 0) is 152 Å². The molecule has 3 fully saturated rings. The fraction of sp³-hybridized carbons (Fsp3) is 0.526. The van der Waals surface area contributed by atoms with Gasteiger partial charge in [-0.3, -0.25) is 38.4 Å². The standard InChI is InChI=1S/C44H56N4O12.C20H18Br2O2.C13H21NO5.CH4/c1-25(2)37(45-43(55)57-5)39(51)47-21-9-13-33(47)41(53)59-23-35(49)28-17-15-27(16-18-28)29-19-20-32(31-12-8-7-11-30(29)31)36(50)24-60-42(54)34-14-10-22-48(34)40(52)38(26(3)4)46-44(56)58-6;21-11-19(23)14-7-5-13(6-8-14)15-9-10-18(20(24)12-22)17-4-2-1-3-16(15)17;1-8(2)9(7-11(15)19-3)12(16)14-6-4-5-10(14)13(17)18;/h15-20,25-26,33-34,37-38H,7-14,21-24H2,1-6H3,(H,45,55)(H,46,56);5-10H,1-4,11-12H2;8-10H,4-7H2,1-3H3,(H,17,18);1H4/t33-,34-,37-,38-;;9-,10-;/m0.0./s1. The molecule has 0 spiro atoms. The van der Waals surface area contributed by atoms with E-state index in [0.717, 1.165) is 83.9 Å². The Balaban J connectivity index is 0.000000312. The lowest BCUT2D eigenvalue weighted by Crippen LogP contribution is -2.54. The molecule has 3 N–H and O–H groups in total. The zero-order valence-electron chi connectivity index (χ0n) is 60.1. The van der Waals surface area contributed by atoms with Crippen molar-refractivity contribution in [3.63, 3.8) is 0 Å². The molecule has 6 atom stereocenters. The molecule has 0 saturated carbocycles. The minimum absolute atomic E-state index is 0. The summed E-state index contributed by atoms with van der Waals surface area (Å²) in [5.74, 6) is -5.52. The molecule has 0 unspecified atom stereocenters. The molecule has 3 aliphatic heterocycles. The number of Topliss-reactive ketones (excluding diaryl/α,β-unsaturated/α-hetero) is 4. The lowest BCUT2D eigenvalue weighted by Gasteiger charge is -2.29. The molecule has 4 aromatic rings. The summed E-state index contributed by atoms with van der Waals surface area (Å²) in [4.78, 5) is 167. The van der Waals surface area contributed by atoms with Crippen LogP contribution in [0.2, 0.25) is 0 Å². The zero-order chi connectivity index (χ0) is 75.4. The number of carboxylic acid groups (broad SMARTS) is 1. The lowest BCUT2D eigenvalue weighted by molar-refractivity contribution is -0.153. The molecule has 564 valence electrons. The van der Waals surface area contributed by atoms with Gasteiger partial charge in [0, 0.05) is 41.9 Å². The molecule has 104 heavy (non-hydrogen) atoms. The Hall–Kier alpha value is -8.65. The summed E-state index contributed by atoms with van der Waals surface area (Å²) >= 11 is 6.49. The van der Waals surface area contributed by atoms with Crippen LogP contribution in [0, 0.1) is 23.7 Å². The Morgan fingerprint density at radius 2 is 0.827 bits per heavy atom. The number of carboxylic acids is 1. The van der Waals surface area contributed by atoms with E-state index in [4.69, 9.17) is 14.6 Å². The minimum atomic E-state index is -0.980. The van der Waals surface area contributed by atoms with E-state index < -0.39 is 103 Å². The number of fused-ring (bicyclic) bond motifs is 2. The molecule has 3 heterocycles. The molecule has 5 amide bonds. The molecule has 26 heteroatoms. The van der Waals surface area contributed by atoms with Crippen molar-refractivity contribution >= 4 is 109 Å². The number of carbonyl (C=O) groups excluding carboxylic acids is 12. The van der Waals surface area contributed by atoms with Crippen LogP contribution in [0.4, 0.5) is 9.59 Å². The highest BCUT2D eigenvalue weighted by Gasteiger charge is 2.43. The van der Waals surface area contributed by atoms with Crippen molar-refractivity contribution < 1.29 is 91.1 Å². The summed E-state index contributed by atoms with van der Waals surface area (Å²) in [5, 5.41) is 14.9. The summed E-state index contributed by atoms with van der Waals surface area (Å²) in [6, 6.07) is 18.0. The number of halogens is 2. The van der Waals surface area contributed by atoms with E-state index >= 15 is 0 Å². The van der Waals surface area contributed by atoms with Crippen LogP contribution in [0.5, 0.6) is 0 Å². The van der Waals surface area contributed by atoms with Crippen LogP contribution in [0.15, 0.2) is 72.8 Å². The predicted octanol–water partition coefficient (Wildman–Crippen LogP) is 11.3. The van der Waals surface area contributed by atoms with Gasteiger partial charge in [-0.25, -0.2) is 24.0 Å². The highest BCUT2D eigenvalue weighted by Crippen LogP contribution is 2.37. The number of alkyl carbamates (subject to hydrolysis) is 2. The van der Waals surface area contributed by atoms with Crippen LogP contribution in [0.1, 0.15) is 183 Å². The summed E-state index contributed by atoms with van der Waals surface area (Å²) in [6.45, 7) is 10.9. The average molecular weight is 1570 g/mol. The van der Waals surface area contributed by atoms with E-state index in [2.05, 4.69) is 62.8 Å². The third-order valence-electron chi connectivity index (χ3n) is 19.6. The molecule has 2 aliphatic carbocycles. The van der Waals surface area contributed by atoms with Gasteiger partial charge >= 0.3 is 36.1 Å². The van der Waals surface area contributed by atoms with Crippen LogP contribution >= 0.6 is 31.9 Å². The molecule has 0 bridgehead atoms. The number of ether oxygens (including phenoxy) is 5. The molecular formula is C78H99Br2N5O19. The minimum Gasteiger partial charge on any atom is -0.480 e. The van der Waals surface area contributed by atoms with E-state index in [1.807, 2.05) is 50.2 Å². The van der Waals surface area contributed by atoms with Crippen LogP contribution in [0.25, 0.3) is 22.3 Å². The number of likely N-dealkylation sites (tertiary alicyclic amines) is 3. The second-order valence-electron chi connectivity index (χ2n) is 27.2. The maximum Gasteiger partial charge on any atom is 0.407 e. The first-order chi connectivity index (χ1) is 49.2. The van der Waals surface area contributed by atoms with Crippen molar-refractivity contribution in [2.45, 2.75) is 175 Å². The first kappa shape index (κ1) is 84.3. The molecule has 24 nitrogen and oxygen atoms in total. The number of methoxy groups -OCH3 is 3. The Labute approximate surface area is 625 Å². The van der Waals surface area contributed by atoms with Crippen LogP contribution < -0.4 is 10.6 Å². The Kier molecular flexibility index (Phi) is 32.4. The normalized spacial score (nSPS) is 17.4. The van der Waals surface area contributed by atoms with Crippen molar-refractivity contribution in [3.8, 4) is 22.3 Å². The number of hydrogen-bond acceptors (Lipinski definition) is 18. The largest absolute Gasteiger partial charge is 0.480 e. The average Bonchev–Trinajstić information content (AvgIpc) is 0.808. The van der Waals surface area contributed by atoms with Crippen molar-refractivity contribution in [1.82, 2.24) is 25.3 Å². The highest BCUT2D eigenvalue weighted by molar-refractivity contribution is 9.09. The molecule has 0 radical (unpaired) electrons. The second-order valence-corrected chi connectivity index (χ2v) is 28.4. The summed E-state index contributed by atoms with van der Waals surface area (Å²) in [6.07, 6.45) is 9.02. The van der Waals surface area contributed by atoms with Crippen molar-refractivity contribution in [1.29, 1.82) is 0 Å². The van der Waals surface area contributed by atoms with Gasteiger partial charge in [-0.15, -0.1) is 0 Å². The number of ketones is 4. The van der Waals surface area contributed by atoms with Gasteiger partial charge in [-0.1, -0.05) is 154 Å². The maximum atomic E-state index is 13.6. The number of benzene rings is 4. The van der Waals surface area contributed by atoms with Crippen molar-refractivity contribution in [2.75, 3.05) is 64.8 Å². The number of alkyl halides is 2. The summed E-state index contributed by atoms with van der Waals surface area (Å²) in [5.41, 5.74) is 10.8. The van der Waals surface area contributed by atoms with Gasteiger partial charge in [0.2, 0.25) is 23.5 Å². The molecule has 0 aromatic heterocycles. The Morgan fingerprint density at radius 3 is 1.20 bits per heavy atom. The number of rotatable bonds is 25.